The minimum Gasteiger partial charge on any atom is -0.492 e. The minimum absolute atomic E-state index is 0.160. The van der Waals surface area contributed by atoms with E-state index >= 15 is 0 Å². The van der Waals surface area contributed by atoms with Crippen molar-refractivity contribution >= 4 is 5.97 Å². The second-order valence-corrected chi connectivity index (χ2v) is 7.28. The van der Waals surface area contributed by atoms with Crippen LogP contribution >= 0.6 is 0 Å². The Morgan fingerprint density at radius 3 is 2.32 bits per heavy atom. The quantitative estimate of drug-likeness (QED) is 0.823. The summed E-state index contributed by atoms with van der Waals surface area (Å²) >= 11 is 0. The molecule has 0 bridgehead atoms. The molecule has 3 rings (SSSR count). The van der Waals surface area contributed by atoms with Gasteiger partial charge in [0.2, 0.25) is 0 Å². The van der Waals surface area contributed by atoms with Crippen LogP contribution in [-0.4, -0.2) is 60.2 Å². The second kappa shape index (κ2) is 9.20. The second-order valence-electron chi connectivity index (χ2n) is 7.28. The van der Waals surface area contributed by atoms with Crippen molar-refractivity contribution in [1.82, 2.24) is 9.80 Å². The van der Waals surface area contributed by atoms with Gasteiger partial charge in [-0.1, -0.05) is 18.6 Å². The van der Waals surface area contributed by atoms with E-state index in [1.165, 1.54) is 37.9 Å². The molecule has 1 N–H and O–H groups in total. The first-order valence-corrected chi connectivity index (χ1v) is 9.60. The predicted molar refractivity (Wildman–Crippen MR) is 97.9 cm³/mol. The van der Waals surface area contributed by atoms with Crippen LogP contribution in [0, 0.1) is 5.92 Å². The summed E-state index contributed by atoms with van der Waals surface area (Å²) in [5.41, 5.74) is 1.26. The fourth-order valence-corrected chi connectivity index (χ4v) is 3.76. The molecule has 2 aliphatic heterocycles. The van der Waals surface area contributed by atoms with Crippen molar-refractivity contribution in [1.29, 1.82) is 0 Å². The summed E-state index contributed by atoms with van der Waals surface area (Å²) in [7, 11) is 0. The molecule has 2 aliphatic rings. The summed E-state index contributed by atoms with van der Waals surface area (Å²) in [6.07, 6.45) is 5.52. The average Bonchev–Trinajstić information content (AvgIpc) is 2.64. The SMILES string of the molecule is O=C(O)C1CCN(Cc2ccc(OCCN3CCCCC3)cc2)CC1. The lowest BCUT2D eigenvalue weighted by Gasteiger charge is -2.30. The number of rotatable bonds is 7. The molecule has 25 heavy (non-hydrogen) atoms. The van der Waals surface area contributed by atoms with Crippen molar-refractivity contribution in [3.05, 3.63) is 29.8 Å². The molecule has 5 heteroatoms. The fraction of sp³-hybridized carbons (Fsp3) is 0.650. The fourth-order valence-electron chi connectivity index (χ4n) is 3.76. The van der Waals surface area contributed by atoms with Gasteiger partial charge >= 0.3 is 5.97 Å². The molecule has 2 heterocycles. The molecule has 0 aromatic heterocycles. The standard InChI is InChI=1S/C20H30N2O3/c23-20(24)18-8-12-22(13-9-18)16-17-4-6-19(7-5-17)25-15-14-21-10-2-1-3-11-21/h4-7,18H,1-3,8-16H2,(H,23,24). The molecule has 5 nitrogen and oxygen atoms in total. The Balaban J connectivity index is 1.37. The lowest BCUT2D eigenvalue weighted by molar-refractivity contribution is -0.143. The number of nitrogens with zero attached hydrogens (tertiary/aromatic N) is 2. The predicted octanol–water partition coefficient (Wildman–Crippen LogP) is 2.85. The number of carboxylic acid groups (broad SMARTS) is 1. The van der Waals surface area contributed by atoms with Gasteiger partial charge in [-0.2, -0.15) is 0 Å². The normalized spacial score (nSPS) is 20.5. The van der Waals surface area contributed by atoms with E-state index in [0.717, 1.165) is 51.4 Å². The van der Waals surface area contributed by atoms with Gasteiger partial charge in [0.15, 0.2) is 0 Å². The molecule has 138 valence electrons. The van der Waals surface area contributed by atoms with Gasteiger partial charge in [0.1, 0.15) is 12.4 Å². The number of ether oxygens (including phenoxy) is 1. The molecule has 0 amide bonds. The first-order chi connectivity index (χ1) is 12.2. The van der Waals surface area contributed by atoms with Crippen LogP contribution in [0.5, 0.6) is 5.75 Å². The summed E-state index contributed by atoms with van der Waals surface area (Å²) in [6.45, 7) is 6.81. The molecule has 0 aliphatic carbocycles. The Bertz CT molecular complexity index is 532. The van der Waals surface area contributed by atoms with Crippen LogP contribution in [0.4, 0.5) is 0 Å². The number of benzene rings is 1. The van der Waals surface area contributed by atoms with Gasteiger partial charge in [0, 0.05) is 13.1 Å². The summed E-state index contributed by atoms with van der Waals surface area (Å²) in [5.74, 6) is 0.128. The highest BCUT2D eigenvalue weighted by molar-refractivity contribution is 5.70. The van der Waals surface area contributed by atoms with Gasteiger partial charge in [0.25, 0.3) is 0 Å². The number of hydrogen-bond donors (Lipinski definition) is 1. The van der Waals surface area contributed by atoms with Gasteiger partial charge in [-0.05, 0) is 69.6 Å². The summed E-state index contributed by atoms with van der Waals surface area (Å²) < 4.78 is 5.87. The summed E-state index contributed by atoms with van der Waals surface area (Å²) in [4.78, 5) is 15.8. The van der Waals surface area contributed by atoms with Crippen LogP contribution in [-0.2, 0) is 11.3 Å². The zero-order valence-corrected chi connectivity index (χ0v) is 15.0. The number of likely N-dealkylation sites (tertiary alicyclic amines) is 2. The lowest BCUT2D eigenvalue weighted by Crippen LogP contribution is -2.35. The van der Waals surface area contributed by atoms with Crippen LogP contribution in [0.15, 0.2) is 24.3 Å². The van der Waals surface area contributed by atoms with Crippen molar-refractivity contribution in [2.45, 2.75) is 38.6 Å². The Morgan fingerprint density at radius 2 is 1.68 bits per heavy atom. The third-order valence-electron chi connectivity index (χ3n) is 5.39. The number of piperidine rings is 2. The third-order valence-corrected chi connectivity index (χ3v) is 5.39. The zero-order valence-electron chi connectivity index (χ0n) is 15.0. The van der Waals surface area contributed by atoms with Gasteiger partial charge < -0.3 is 9.84 Å². The average molecular weight is 346 g/mol. The van der Waals surface area contributed by atoms with Crippen LogP contribution in [0.1, 0.15) is 37.7 Å². The molecular formula is C20H30N2O3. The number of carboxylic acids is 1. The van der Waals surface area contributed by atoms with Crippen LogP contribution < -0.4 is 4.74 Å². The van der Waals surface area contributed by atoms with E-state index in [9.17, 15) is 4.79 Å². The molecule has 0 unspecified atom stereocenters. The van der Waals surface area contributed by atoms with Crippen molar-refractivity contribution < 1.29 is 14.6 Å². The largest absolute Gasteiger partial charge is 0.492 e. The van der Waals surface area contributed by atoms with Gasteiger partial charge in [0.05, 0.1) is 5.92 Å². The molecule has 0 spiro atoms. The maximum atomic E-state index is 11.0. The van der Waals surface area contributed by atoms with E-state index in [0.29, 0.717) is 0 Å². The van der Waals surface area contributed by atoms with Crippen molar-refractivity contribution in [2.75, 3.05) is 39.3 Å². The molecule has 0 saturated carbocycles. The molecule has 2 fully saturated rings. The summed E-state index contributed by atoms with van der Waals surface area (Å²) in [6, 6.07) is 8.35. The van der Waals surface area contributed by atoms with E-state index in [2.05, 4.69) is 34.1 Å². The van der Waals surface area contributed by atoms with Gasteiger partial charge in [-0.15, -0.1) is 0 Å². The Labute approximate surface area is 150 Å². The molecule has 0 atom stereocenters. The van der Waals surface area contributed by atoms with Crippen LogP contribution in [0.25, 0.3) is 0 Å². The number of carbonyl (C=O) groups is 1. The number of aliphatic carboxylic acids is 1. The smallest absolute Gasteiger partial charge is 0.306 e. The van der Waals surface area contributed by atoms with E-state index in [4.69, 9.17) is 9.84 Å². The molecule has 0 radical (unpaired) electrons. The minimum atomic E-state index is -0.647. The van der Waals surface area contributed by atoms with E-state index in [1.807, 2.05) is 0 Å². The topological polar surface area (TPSA) is 53.0 Å². The highest BCUT2D eigenvalue weighted by Gasteiger charge is 2.24. The number of hydrogen-bond acceptors (Lipinski definition) is 4. The molecule has 2 saturated heterocycles. The van der Waals surface area contributed by atoms with E-state index in [1.54, 1.807) is 0 Å². The highest BCUT2D eigenvalue weighted by Crippen LogP contribution is 2.20. The highest BCUT2D eigenvalue weighted by atomic mass is 16.5. The van der Waals surface area contributed by atoms with E-state index in [-0.39, 0.29) is 5.92 Å². The van der Waals surface area contributed by atoms with Crippen molar-refractivity contribution in [2.24, 2.45) is 5.92 Å². The first kappa shape index (κ1) is 18.2. The van der Waals surface area contributed by atoms with Crippen molar-refractivity contribution in [3.63, 3.8) is 0 Å². The van der Waals surface area contributed by atoms with Gasteiger partial charge in [-0.3, -0.25) is 14.6 Å². The van der Waals surface area contributed by atoms with Crippen molar-refractivity contribution in [3.8, 4) is 5.75 Å². The lowest BCUT2D eigenvalue weighted by atomic mass is 9.97. The zero-order chi connectivity index (χ0) is 17.5. The molecular weight excluding hydrogens is 316 g/mol. The van der Waals surface area contributed by atoms with Gasteiger partial charge in [-0.25, -0.2) is 0 Å². The maximum Gasteiger partial charge on any atom is 0.306 e. The molecule has 1 aromatic carbocycles. The maximum absolute atomic E-state index is 11.0. The first-order valence-electron chi connectivity index (χ1n) is 9.60. The van der Waals surface area contributed by atoms with Crippen LogP contribution in [0.3, 0.4) is 0 Å². The van der Waals surface area contributed by atoms with E-state index < -0.39 is 5.97 Å². The van der Waals surface area contributed by atoms with Crippen LogP contribution in [0.2, 0.25) is 0 Å². The Morgan fingerprint density at radius 1 is 1.00 bits per heavy atom. The Kier molecular flexibility index (Phi) is 6.70. The molecule has 1 aromatic rings. The third kappa shape index (κ3) is 5.72. The monoisotopic (exact) mass is 346 g/mol. The Hall–Kier alpha value is -1.59. The summed E-state index contributed by atoms with van der Waals surface area (Å²) in [5, 5.41) is 9.06.